The largest absolute Gasteiger partial charge is 1.00 e. The quantitative estimate of drug-likeness (QED) is 0.395. The summed E-state index contributed by atoms with van der Waals surface area (Å²) in [6.45, 7) is 2.73. The summed E-state index contributed by atoms with van der Waals surface area (Å²) in [6.07, 6.45) is -0.636. The molecule has 2 heterocycles. The summed E-state index contributed by atoms with van der Waals surface area (Å²) < 4.78 is 0. The third-order valence-corrected chi connectivity index (χ3v) is 3.25. The third kappa shape index (κ3) is 2.55. The molecule has 0 spiro atoms. The second-order valence-corrected chi connectivity index (χ2v) is 4.54. The van der Waals surface area contributed by atoms with E-state index in [0.29, 0.717) is 0 Å². The van der Waals surface area contributed by atoms with E-state index in [-0.39, 0.29) is 47.4 Å². The molecule has 2 aliphatic rings. The van der Waals surface area contributed by atoms with E-state index in [4.69, 9.17) is 0 Å². The minimum absolute atomic E-state index is 0. The maximum absolute atomic E-state index is 11.8. The molecule has 0 bridgehead atoms. The Bertz CT molecular complexity index is 474. The van der Waals surface area contributed by atoms with Crippen LogP contribution in [0.3, 0.4) is 0 Å². The van der Waals surface area contributed by atoms with Crippen LogP contribution in [0.25, 0.3) is 0 Å². The van der Waals surface area contributed by atoms with Gasteiger partial charge < -0.3 is 25.2 Å². The summed E-state index contributed by atoms with van der Waals surface area (Å²) in [6, 6.07) is -0.410. The van der Waals surface area contributed by atoms with Gasteiger partial charge in [0.05, 0.1) is 29.7 Å². The Hall–Kier alpha value is -0.890. The van der Waals surface area contributed by atoms with Gasteiger partial charge in [0.2, 0.25) is 11.8 Å². The maximum atomic E-state index is 11.8. The van der Waals surface area contributed by atoms with Gasteiger partial charge in [0, 0.05) is 19.0 Å². The van der Waals surface area contributed by atoms with Gasteiger partial charge in [0.15, 0.2) is 0 Å². The number of hydrogen-bond acceptors (Lipinski definition) is 5. The van der Waals surface area contributed by atoms with Crippen molar-refractivity contribution in [3.63, 3.8) is 0 Å². The van der Waals surface area contributed by atoms with Gasteiger partial charge in [0.1, 0.15) is 0 Å². The van der Waals surface area contributed by atoms with Gasteiger partial charge >= 0.3 is 29.6 Å². The molecule has 0 unspecified atom stereocenters. The SMILES string of the molecule is CC(=O)NC1=C(C(=O)[O-])N2C(=O)[C@H]([C@@H](C)O)[C@H]2C1.[Na+]. The fraction of sp³-hybridized carbons (Fsp3) is 0.545. The fourth-order valence-electron chi connectivity index (χ4n) is 2.58. The van der Waals surface area contributed by atoms with Gasteiger partial charge in [-0.05, 0) is 6.92 Å². The average Bonchev–Trinajstić information content (AvgIpc) is 2.51. The van der Waals surface area contributed by atoms with Gasteiger partial charge in [-0.25, -0.2) is 0 Å². The van der Waals surface area contributed by atoms with Crippen molar-refractivity contribution >= 4 is 17.8 Å². The Labute approximate surface area is 131 Å². The smallest absolute Gasteiger partial charge is 0.543 e. The maximum Gasteiger partial charge on any atom is 1.00 e. The van der Waals surface area contributed by atoms with E-state index in [0.717, 1.165) is 4.90 Å². The number of nitrogens with one attached hydrogen (secondary N) is 1. The predicted molar refractivity (Wildman–Crippen MR) is 56.3 cm³/mol. The van der Waals surface area contributed by atoms with Crippen LogP contribution in [0, 0.1) is 5.92 Å². The molecule has 0 aliphatic carbocycles. The third-order valence-electron chi connectivity index (χ3n) is 3.25. The molecule has 2 N–H and O–H groups in total. The zero-order valence-corrected chi connectivity index (χ0v) is 13.0. The van der Waals surface area contributed by atoms with Crippen molar-refractivity contribution in [2.75, 3.05) is 0 Å². The predicted octanol–water partition coefficient (Wildman–Crippen LogP) is -5.30. The summed E-state index contributed by atoms with van der Waals surface area (Å²) in [5, 5.41) is 22.9. The van der Waals surface area contributed by atoms with Gasteiger partial charge in [-0.2, -0.15) is 0 Å². The fourth-order valence-corrected chi connectivity index (χ4v) is 2.58. The molecule has 3 atom stereocenters. The van der Waals surface area contributed by atoms with Crippen LogP contribution in [0.1, 0.15) is 20.3 Å². The number of rotatable bonds is 3. The number of amides is 2. The van der Waals surface area contributed by atoms with E-state index < -0.39 is 35.8 Å². The summed E-state index contributed by atoms with van der Waals surface area (Å²) >= 11 is 0. The Morgan fingerprint density at radius 1 is 1.53 bits per heavy atom. The molecule has 2 amide bonds. The number of nitrogens with zero attached hydrogens (tertiary/aromatic N) is 1. The Morgan fingerprint density at radius 3 is 2.53 bits per heavy atom. The van der Waals surface area contributed by atoms with Crippen molar-refractivity contribution in [1.82, 2.24) is 10.2 Å². The number of carboxylic acids is 1. The molecule has 19 heavy (non-hydrogen) atoms. The molecule has 0 saturated carbocycles. The molecule has 0 aromatic carbocycles. The first-order valence-electron chi connectivity index (χ1n) is 5.57. The minimum atomic E-state index is -1.50. The summed E-state index contributed by atoms with van der Waals surface area (Å²) in [7, 11) is 0. The molecule has 1 fully saturated rings. The van der Waals surface area contributed by atoms with Crippen LogP contribution in [-0.2, 0) is 14.4 Å². The Morgan fingerprint density at radius 2 is 2.11 bits per heavy atom. The monoisotopic (exact) mass is 276 g/mol. The summed E-state index contributed by atoms with van der Waals surface area (Å²) in [5.74, 6) is -2.98. The molecule has 0 aromatic heterocycles. The molecule has 2 aliphatic heterocycles. The minimum Gasteiger partial charge on any atom is -0.543 e. The van der Waals surface area contributed by atoms with E-state index in [1.165, 1.54) is 13.8 Å². The summed E-state index contributed by atoms with van der Waals surface area (Å²) in [4.78, 5) is 34.9. The second-order valence-electron chi connectivity index (χ2n) is 4.54. The number of carbonyl (C=O) groups is 3. The molecular weight excluding hydrogens is 263 g/mol. The standard InChI is InChI=1S/C11H14N2O5.Na/c1-4(14)8-7-3-6(12-5(2)15)9(11(17)18)13(7)10(8)16;/h4,7-8,14H,3H2,1-2H3,(H,12,15)(H,17,18);/q;+1/p-1/t4-,7-,8-;/m1./s1. The Balaban J connectivity index is 0.00000180. The van der Waals surface area contributed by atoms with Crippen molar-refractivity contribution < 1.29 is 54.2 Å². The summed E-state index contributed by atoms with van der Waals surface area (Å²) in [5.41, 5.74) is -0.124. The van der Waals surface area contributed by atoms with E-state index in [1.54, 1.807) is 0 Å². The molecule has 2 rings (SSSR count). The molecular formula is C11H13N2NaO5. The molecule has 1 saturated heterocycles. The van der Waals surface area contributed by atoms with E-state index in [9.17, 15) is 24.6 Å². The molecule has 98 valence electrons. The van der Waals surface area contributed by atoms with Crippen LogP contribution in [0.15, 0.2) is 11.4 Å². The second kappa shape index (κ2) is 5.62. The van der Waals surface area contributed by atoms with Crippen molar-refractivity contribution in [3.8, 4) is 0 Å². The van der Waals surface area contributed by atoms with Crippen molar-refractivity contribution in [2.45, 2.75) is 32.4 Å². The molecule has 0 aromatic rings. The van der Waals surface area contributed by atoms with Crippen molar-refractivity contribution in [1.29, 1.82) is 0 Å². The molecule has 8 heteroatoms. The number of carbonyl (C=O) groups excluding carboxylic acids is 3. The van der Waals surface area contributed by atoms with Gasteiger partial charge in [-0.1, -0.05) is 0 Å². The number of fused-ring (bicyclic) bond motifs is 1. The topological polar surface area (TPSA) is 110 Å². The number of aliphatic carboxylic acids is 1. The van der Waals surface area contributed by atoms with Crippen molar-refractivity contribution in [3.05, 3.63) is 11.4 Å². The van der Waals surface area contributed by atoms with Gasteiger partial charge in [-0.3, -0.25) is 9.59 Å². The number of β-lactam (4-membered cyclic amide) rings is 1. The van der Waals surface area contributed by atoms with Crippen molar-refractivity contribution in [2.24, 2.45) is 5.92 Å². The van der Waals surface area contributed by atoms with E-state index in [2.05, 4.69) is 5.32 Å². The van der Waals surface area contributed by atoms with Crippen LogP contribution in [-0.4, -0.2) is 39.9 Å². The number of hydrogen-bond donors (Lipinski definition) is 2. The molecule has 7 nitrogen and oxygen atoms in total. The first-order chi connectivity index (χ1) is 8.34. The van der Waals surface area contributed by atoms with E-state index in [1.807, 2.05) is 0 Å². The normalized spacial score (nSPS) is 26.3. The van der Waals surface area contributed by atoms with Crippen LogP contribution in [0.4, 0.5) is 0 Å². The zero-order valence-electron chi connectivity index (χ0n) is 11.0. The van der Waals surface area contributed by atoms with Gasteiger partial charge in [-0.15, -0.1) is 0 Å². The van der Waals surface area contributed by atoms with Gasteiger partial charge in [0.25, 0.3) is 0 Å². The average molecular weight is 276 g/mol. The van der Waals surface area contributed by atoms with Crippen LogP contribution >= 0.6 is 0 Å². The zero-order chi connectivity index (χ0) is 13.6. The molecule has 0 radical (unpaired) electrons. The number of aliphatic hydroxyl groups is 1. The van der Waals surface area contributed by atoms with E-state index >= 15 is 0 Å². The first-order valence-corrected chi connectivity index (χ1v) is 5.57. The van der Waals surface area contributed by atoms with Crippen LogP contribution in [0.5, 0.6) is 0 Å². The number of aliphatic hydroxyl groups excluding tert-OH is 1. The first kappa shape index (κ1) is 16.2. The van der Waals surface area contributed by atoms with Crippen LogP contribution in [0.2, 0.25) is 0 Å². The van der Waals surface area contributed by atoms with Crippen LogP contribution < -0.4 is 40.0 Å². The Kier molecular flexibility index (Phi) is 4.78. The number of carboxylic acid groups (broad SMARTS) is 1.